The van der Waals surface area contributed by atoms with Gasteiger partial charge in [-0.2, -0.15) is 0 Å². The van der Waals surface area contributed by atoms with Crippen LogP contribution in [0.3, 0.4) is 0 Å². The first-order chi connectivity index (χ1) is 14.3. The number of aliphatic hydroxyl groups is 1. The van der Waals surface area contributed by atoms with Crippen LogP contribution >= 0.6 is 0 Å². The van der Waals surface area contributed by atoms with Crippen molar-refractivity contribution in [3.63, 3.8) is 0 Å². The zero-order chi connectivity index (χ0) is 22.6. The predicted molar refractivity (Wildman–Crippen MR) is 131 cm³/mol. The topological polar surface area (TPSA) is 20.2 Å². The first-order valence-corrected chi connectivity index (χ1v) is 13.7. The molecule has 1 nitrogen and oxygen atoms in total. The summed E-state index contributed by atoms with van der Waals surface area (Å²) in [6, 6.07) is 0. The van der Waals surface area contributed by atoms with Crippen molar-refractivity contribution in [3.8, 4) is 0 Å². The van der Waals surface area contributed by atoms with E-state index in [9.17, 15) is 5.11 Å². The summed E-state index contributed by atoms with van der Waals surface area (Å²) in [7, 11) is 0. The minimum Gasteiger partial charge on any atom is -0.393 e. The molecule has 5 aliphatic rings. The zero-order valence-electron chi connectivity index (χ0n) is 21.7. The van der Waals surface area contributed by atoms with E-state index in [2.05, 4.69) is 55.0 Å². The van der Waals surface area contributed by atoms with Crippen LogP contribution in [0.25, 0.3) is 0 Å². The second kappa shape index (κ2) is 6.64. The predicted octanol–water partition coefficient (Wildman–Crippen LogP) is 8.02. The Kier molecular flexibility index (Phi) is 4.82. The van der Waals surface area contributed by atoms with Gasteiger partial charge in [-0.05, 0) is 121 Å². The largest absolute Gasteiger partial charge is 0.393 e. The molecule has 0 aromatic heterocycles. The Balaban J connectivity index is 1.54. The number of aliphatic hydroxyl groups excluding tert-OH is 1. The third-order valence-corrected chi connectivity index (χ3v) is 13.6. The van der Waals surface area contributed by atoms with Crippen LogP contribution < -0.4 is 0 Å². The highest BCUT2D eigenvalue weighted by molar-refractivity contribution is 5.21. The summed E-state index contributed by atoms with van der Waals surface area (Å²) >= 11 is 0. The lowest BCUT2D eigenvalue weighted by molar-refractivity contribution is -0.251. The minimum atomic E-state index is -0.119. The van der Waals surface area contributed by atoms with E-state index in [0.29, 0.717) is 33.5 Å². The van der Waals surface area contributed by atoms with E-state index in [1.165, 1.54) is 63.4 Å². The molecule has 0 saturated heterocycles. The normalized spacial score (nSPS) is 58.5. The fraction of sp³-hybridized carbons (Fsp3) is 0.933. The number of allylic oxidation sites excluding steroid dienone is 1. The number of rotatable bonds is 0. The van der Waals surface area contributed by atoms with Crippen molar-refractivity contribution in [1.82, 2.24) is 0 Å². The standard InChI is InChI=1S/C30H50O/c1-19-11-14-27(5)17-18-29(7)21(25(27)20(19)2)9-10-23-28(6)15-13-24(31)26(3,4)22(28)12-16-30(23,29)8/h20-25,31H,1,9-18H2,2-8H3/t20?,21-,22?,23-,24?,25+,27-,28+,29-,30-/m1/s1. The van der Waals surface area contributed by atoms with Crippen LogP contribution in [0.2, 0.25) is 0 Å². The van der Waals surface area contributed by atoms with Crippen molar-refractivity contribution in [2.45, 2.75) is 119 Å². The lowest BCUT2D eigenvalue weighted by Crippen LogP contribution is -2.67. The van der Waals surface area contributed by atoms with E-state index in [4.69, 9.17) is 0 Å². The molecule has 1 heteroatoms. The van der Waals surface area contributed by atoms with Crippen molar-refractivity contribution in [1.29, 1.82) is 0 Å². The summed E-state index contributed by atoms with van der Waals surface area (Å²) in [6.45, 7) is 22.6. The Morgan fingerprint density at radius 2 is 1.48 bits per heavy atom. The molecule has 0 radical (unpaired) electrons. The van der Waals surface area contributed by atoms with Crippen LogP contribution in [0.1, 0.15) is 113 Å². The smallest absolute Gasteiger partial charge is 0.0594 e. The molecule has 0 bridgehead atoms. The van der Waals surface area contributed by atoms with Gasteiger partial charge in [-0.3, -0.25) is 0 Å². The van der Waals surface area contributed by atoms with E-state index < -0.39 is 0 Å². The number of hydrogen-bond donors (Lipinski definition) is 1. The van der Waals surface area contributed by atoms with Crippen molar-refractivity contribution in [2.24, 2.45) is 56.7 Å². The first kappa shape index (κ1) is 22.5. The highest BCUT2D eigenvalue weighted by atomic mass is 16.3. The third-order valence-electron chi connectivity index (χ3n) is 13.6. The van der Waals surface area contributed by atoms with Gasteiger partial charge in [-0.1, -0.05) is 60.6 Å². The number of hydrogen-bond acceptors (Lipinski definition) is 1. The molecule has 1 N–H and O–H groups in total. The van der Waals surface area contributed by atoms with Crippen molar-refractivity contribution in [2.75, 3.05) is 0 Å². The first-order valence-electron chi connectivity index (χ1n) is 13.7. The second-order valence-electron chi connectivity index (χ2n) is 14.7. The fourth-order valence-corrected chi connectivity index (χ4v) is 11.4. The van der Waals surface area contributed by atoms with Gasteiger partial charge < -0.3 is 5.11 Å². The molecule has 5 fully saturated rings. The van der Waals surface area contributed by atoms with Gasteiger partial charge in [0.25, 0.3) is 0 Å². The van der Waals surface area contributed by atoms with Gasteiger partial charge in [0.15, 0.2) is 0 Å². The average molecular weight is 427 g/mol. The molecule has 0 spiro atoms. The van der Waals surface area contributed by atoms with E-state index >= 15 is 0 Å². The van der Waals surface area contributed by atoms with Crippen LogP contribution in [0, 0.1) is 56.7 Å². The van der Waals surface area contributed by atoms with E-state index in [0.717, 1.165) is 24.2 Å². The summed E-state index contributed by atoms with van der Waals surface area (Å²) in [5, 5.41) is 10.9. The molecule has 10 atom stereocenters. The van der Waals surface area contributed by atoms with E-state index in [-0.39, 0.29) is 11.5 Å². The van der Waals surface area contributed by atoms with E-state index in [1.54, 1.807) is 0 Å². The third kappa shape index (κ3) is 2.65. The van der Waals surface area contributed by atoms with Gasteiger partial charge in [0, 0.05) is 0 Å². The maximum absolute atomic E-state index is 10.9. The Morgan fingerprint density at radius 1 is 0.774 bits per heavy atom. The van der Waals surface area contributed by atoms with Gasteiger partial charge in [0.2, 0.25) is 0 Å². The Labute approximate surface area is 192 Å². The van der Waals surface area contributed by atoms with Crippen LogP contribution in [0.15, 0.2) is 12.2 Å². The number of fused-ring (bicyclic) bond motifs is 7. The molecule has 0 amide bonds. The Bertz CT molecular complexity index is 766. The lowest BCUT2D eigenvalue weighted by atomic mass is 9.31. The van der Waals surface area contributed by atoms with Crippen LogP contribution in [-0.4, -0.2) is 11.2 Å². The molecular formula is C30H50O. The summed E-state index contributed by atoms with van der Waals surface area (Å²) in [4.78, 5) is 0. The maximum atomic E-state index is 10.9. The summed E-state index contributed by atoms with van der Waals surface area (Å²) in [5.74, 6) is 3.88. The molecule has 176 valence electrons. The van der Waals surface area contributed by atoms with Gasteiger partial charge >= 0.3 is 0 Å². The second-order valence-corrected chi connectivity index (χ2v) is 14.7. The van der Waals surface area contributed by atoms with Gasteiger partial charge in [0.1, 0.15) is 0 Å². The molecule has 31 heavy (non-hydrogen) atoms. The molecule has 5 rings (SSSR count). The highest BCUT2D eigenvalue weighted by Gasteiger charge is 2.69. The molecule has 0 aromatic carbocycles. The van der Waals surface area contributed by atoms with Gasteiger partial charge in [0.05, 0.1) is 6.10 Å². The molecule has 0 aliphatic heterocycles. The van der Waals surface area contributed by atoms with E-state index in [1.807, 2.05) is 0 Å². The van der Waals surface area contributed by atoms with Crippen LogP contribution in [0.4, 0.5) is 0 Å². The molecule has 5 aliphatic carbocycles. The lowest BCUT2D eigenvalue weighted by Gasteiger charge is -2.73. The monoisotopic (exact) mass is 426 g/mol. The quantitative estimate of drug-likeness (QED) is 0.389. The zero-order valence-corrected chi connectivity index (χ0v) is 21.7. The van der Waals surface area contributed by atoms with Crippen LogP contribution in [0.5, 0.6) is 0 Å². The summed E-state index contributed by atoms with van der Waals surface area (Å²) < 4.78 is 0. The van der Waals surface area contributed by atoms with Crippen molar-refractivity contribution < 1.29 is 5.11 Å². The average Bonchev–Trinajstić information content (AvgIpc) is 2.69. The minimum absolute atomic E-state index is 0.0623. The molecule has 5 saturated carbocycles. The highest BCUT2D eigenvalue weighted by Crippen LogP contribution is 2.76. The Hall–Kier alpha value is -0.300. The molecule has 0 heterocycles. The summed E-state index contributed by atoms with van der Waals surface area (Å²) in [6.07, 6.45) is 13.2. The maximum Gasteiger partial charge on any atom is 0.0594 e. The van der Waals surface area contributed by atoms with Gasteiger partial charge in [-0.25, -0.2) is 0 Å². The molecule has 0 aromatic rings. The SMILES string of the molecule is C=C1CC[C@]2(C)CC[C@]3(C)[C@H](CC[C@@H]4[C@@]5(C)CCC(O)C(C)(C)C5CC[C@]43C)[C@@H]2C1C. The molecule has 3 unspecified atom stereocenters. The van der Waals surface area contributed by atoms with Crippen molar-refractivity contribution >= 4 is 0 Å². The Morgan fingerprint density at radius 3 is 2.19 bits per heavy atom. The van der Waals surface area contributed by atoms with Crippen LogP contribution in [-0.2, 0) is 0 Å². The van der Waals surface area contributed by atoms with Gasteiger partial charge in [-0.15, -0.1) is 0 Å². The summed E-state index contributed by atoms with van der Waals surface area (Å²) in [5.41, 5.74) is 3.43. The fourth-order valence-electron chi connectivity index (χ4n) is 11.4. The van der Waals surface area contributed by atoms with Crippen molar-refractivity contribution in [3.05, 3.63) is 12.2 Å². The molecular weight excluding hydrogens is 376 g/mol.